The van der Waals surface area contributed by atoms with Gasteiger partial charge in [-0.05, 0) is 25.1 Å². The first-order valence-electron chi connectivity index (χ1n) is 9.60. The van der Waals surface area contributed by atoms with Crippen LogP contribution in [0, 0.1) is 6.92 Å². The van der Waals surface area contributed by atoms with Gasteiger partial charge in [-0.15, -0.1) is 11.3 Å². The molecule has 0 radical (unpaired) electrons. The number of halogens is 3. The lowest BCUT2D eigenvalue weighted by molar-refractivity contribution is -0.139. The summed E-state index contributed by atoms with van der Waals surface area (Å²) in [4.78, 5) is 5.93. The molecule has 1 saturated heterocycles. The fourth-order valence-electron chi connectivity index (χ4n) is 3.53. The third-order valence-electron chi connectivity index (χ3n) is 5.13. The number of thiazole rings is 1. The van der Waals surface area contributed by atoms with E-state index in [0.717, 1.165) is 38.4 Å². The van der Waals surface area contributed by atoms with Crippen molar-refractivity contribution >= 4 is 26.5 Å². The van der Waals surface area contributed by atoms with Gasteiger partial charge in [-0.25, -0.2) is 13.4 Å². The maximum absolute atomic E-state index is 13.3. The van der Waals surface area contributed by atoms with Gasteiger partial charge in [0.15, 0.2) is 5.13 Å². The van der Waals surface area contributed by atoms with Crippen LogP contribution in [-0.4, -0.2) is 43.9 Å². The normalized spacial score (nSPS) is 15.9. The highest BCUT2D eigenvalue weighted by molar-refractivity contribution is 7.89. The van der Waals surface area contributed by atoms with Crippen LogP contribution < -0.4 is 4.90 Å². The molecule has 0 atom stereocenters. The van der Waals surface area contributed by atoms with E-state index in [1.165, 1.54) is 23.5 Å². The Bertz CT molecular complexity index is 1180. The number of nitrogens with zero attached hydrogens (tertiary/aromatic N) is 3. The molecule has 10 heteroatoms. The molecular weight excluding hydrogens is 447 g/mol. The molecule has 1 aromatic heterocycles. The average Bonchev–Trinajstić information content (AvgIpc) is 3.24. The topological polar surface area (TPSA) is 53.5 Å². The van der Waals surface area contributed by atoms with Crippen LogP contribution in [0.3, 0.4) is 0 Å². The SMILES string of the molecule is Cc1cccc(-c2csc(N3CCN(S(=O)(=O)c4ccccc4C(F)(F)F)CC3)n2)c1. The standard InChI is InChI=1S/C21H20F3N3O2S2/c1-15-5-4-6-16(13-15)18-14-30-20(25-18)26-9-11-27(12-10-26)31(28,29)19-8-3-2-7-17(19)21(22,23)24/h2-8,13-14H,9-12H2,1H3. The van der Waals surface area contributed by atoms with Gasteiger partial charge >= 0.3 is 6.18 Å². The minimum Gasteiger partial charge on any atom is -0.345 e. The summed E-state index contributed by atoms with van der Waals surface area (Å²) in [6, 6.07) is 12.3. The first kappa shape index (κ1) is 21.8. The van der Waals surface area contributed by atoms with Gasteiger partial charge in [-0.3, -0.25) is 0 Å². The molecular formula is C21H20F3N3O2S2. The number of hydrogen-bond donors (Lipinski definition) is 0. The van der Waals surface area contributed by atoms with Crippen LogP contribution >= 0.6 is 11.3 Å². The second-order valence-electron chi connectivity index (χ2n) is 7.27. The molecule has 5 nitrogen and oxygen atoms in total. The lowest BCUT2D eigenvalue weighted by Crippen LogP contribution is -2.48. The fraction of sp³-hybridized carbons (Fsp3) is 0.286. The molecule has 0 unspecified atom stereocenters. The predicted octanol–water partition coefficient (Wildman–Crippen LogP) is 4.65. The second kappa shape index (κ2) is 8.25. The number of sulfonamides is 1. The van der Waals surface area contributed by atoms with Crippen LogP contribution in [0.4, 0.5) is 18.3 Å². The average molecular weight is 468 g/mol. The fourth-order valence-corrected chi connectivity index (χ4v) is 6.05. The molecule has 4 rings (SSSR count). The Labute approximate surface area is 182 Å². The summed E-state index contributed by atoms with van der Waals surface area (Å²) in [6.07, 6.45) is -4.74. The molecule has 0 amide bonds. The van der Waals surface area contributed by atoms with Crippen molar-refractivity contribution in [3.63, 3.8) is 0 Å². The van der Waals surface area contributed by atoms with Crippen molar-refractivity contribution in [2.75, 3.05) is 31.1 Å². The Kier molecular flexibility index (Phi) is 5.80. The van der Waals surface area contributed by atoms with Crippen LogP contribution in [0.25, 0.3) is 11.3 Å². The molecule has 0 aliphatic carbocycles. The summed E-state index contributed by atoms with van der Waals surface area (Å²) >= 11 is 1.47. The van der Waals surface area contributed by atoms with E-state index in [1.54, 1.807) is 0 Å². The van der Waals surface area contributed by atoms with E-state index >= 15 is 0 Å². The molecule has 2 aromatic carbocycles. The third-order valence-corrected chi connectivity index (χ3v) is 7.98. The van der Waals surface area contributed by atoms with E-state index in [9.17, 15) is 21.6 Å². The highest BCUT2D eigenvalue weighted by Crippen LogP contribution is 2.36. The van der Waals surface area contributed by atoms with E-state index in [2.05, 4.69) is 4.98 Å². The Morgan fingerprint density at radius 1 is 1.00 bits per heavy atom. The number of aromatic nitrogens is 1. The zero-order valence-corrected chi connectivity index (χ0v) is 18.3. The number of aryl methyl sites for hydroxylation is 1. The highest BCUT2D eigenvalue weighted by Gasteiger charge is 2.39. The van der Waals surface area contributed by atoms with Gasteiger partial charge in [-0.1, -0.05) is 35.9 Å². The summed E-state index contributed by atoms with van der Waals surface area (Å²) in [5, 5.41) is 2.72. The summed E-state index contributed by atoms with van der Waals surface area (Å²) < 4.78 is 66.8. The first-order valence-corrected chi connectivity index (χ1v) is 11.9. The van der Waals surface area contributed by atoms with Crippen molar-refractivity contribution in [3.05, 3.63) is 65.0 Å². The molecule has 31 heavy (non-hydrogen) atoms. The number of alkyl halides is 3. The van der Waals surface area contributed by atoms with E-state index in [0.29, 0.717) is 13.1 Å². The number of anilines is 1. The zero-order valence-electron chi connectivity index (χ0n) is 16.6. The monoisotopic (exact) mass is 467 g/mol. The van der Waals surface area contributed by atoms with Crippen molar-refractivity contribution in [1.29, 1.82) is 0 Å². The molecule has 2 heterocycles. The van der Waals surface area contributed by atoms with Gasteiger partial charge < -0.3 is 4.90 Å². The maximum atomic E-state index is 13.3. The minimum absolute atomic E-state index is 0.0912. The Morgan fingerprint density at radius 3 is 2.39 bits per heavy atom. The van der Waals surface area contributed by atoms with Crippen LogP contribution in [0.15, 0.2) is 58.8 Å². The Balaban J connectivity index is 1.50. The lowest BCUT2D eigenvalue weighted by Gasteiger charge is -2.34. The zero-order chi connectivity index (χ0) is 22.2. The van der Waals surface area contributed by atoms with Crippen LogP contribution in [0.2, 0.25) is 0 Å². The largest absolute Gasteiger partial charge is 0.417 e. The van der Waals surface area contributed by atoms with Crippen molar-refractivity contribution < 1.29 is 21.6 Å². The van der Waals surface area contributed by atoms with Gasteiger partial charge in [0, 0.05) is 37.1 Å². The molecule has 1 aliphatic rings. The Hall–Kier alpha value is -2.43. The lowest BCUT2D eigenvalue weighted by atomic mass is 10.1. The predicted molar refractivity (Wildman–Crippen MR) is 115 cm³/mol. The smallest absolute Gasteiger partial charge is 0.345 e. The van der Waals surface area contributed by atoms with E-state index < -0.39 is 26.7 Å². The van der Waals surface area contributed by atoms with Gasteiger partial charge in [0.25, 0.3) is 0 Å². The van der Waals surface area contributed by atoms with Crippen molar-refractivity contribution in [2.24, 2.45) is 0 Å². The molecule has 164 valence electrons. The molecule has 0 spiro atoms. The van der Waals surface area contributed by atoms with Gasteiger partial charge in [0.05, 0.1) is 16.2 Å². The van der Waals surface area contributed by atoms with Crippen LogP contribution in [0.5, 0.6) is 0 Å². The summed E-state index contributed by atoms with van der Waals surface area (Å²) in [7, 11) is -4.25. The third kappa shape index (κ3) is 4.46. The molecule has 1 aliphatic heterocycles. The van der Waals surface area contributed by atoms with Gasteiger partial charge in [0.2, 0.25) is 10.0 Å². The highest BCUT2D eigenvalue weighted by atomic mass is 32.2. The summed E-state index contributed by atoms with van der Waals surface area (Å²) in [6.45, 7) is 2.90. The quantitative estimate of drug-likeness (QED) is 0.561. The van der Waals surface area contributed by atoms with Crippen molar-refractivity contribution in [1.82, 2.24) is 9.29 Å². The second-order valence-corrected chi connectivity index (χ2v) is 10.0. The number of benzene rings is 2. The summed E-state index contributed by atoms with van der Waals surface area (Å²) in [5.41, 5.74) is 1.84. The molecule has 0 bridgehead atoms. The van der Waals surface area contributed by atoms with E-state index in [4.69, 9.17) is 0 Å². The number of rotatable bonds is 4. The Morgan fingerprint density at radius 2 is 1.71 bits per heavy atom. The minimum atomic E-state index is -4.74. The van der Waals surface area contributed by atoms with Crippen LogP contribution in [0.1, 0.15) is 11.1 Å². The number of hydrogen-bond acceptors (Lipinski definition) is 5. The van der Waals surface area contributed by atoms with E-state index in [1.807, 2.05) is 41.5 Å². The summed E-state index contributed by atoms with van der Waals surface area (Å²) in [5.74, 6) is 0. The molecule has 0 saturated carbocycles. The number of piperazine rings is 1. The van der Waals surface area contributed by atoms with E-state index in [-0.39, 0.29) is 13.1 Å². The maximum Gasteiger partial charge on any atom is 0.417 e. The van der Waals surface area contributed by atoms with Gasteiger partial charge in [0.1, 0.15) is 0 Å². The molecule has 3 aromatic rings. The van der Waals surface area contributed by atoms with Crippen molar-refractivity contribution in [2.45, 2.75) is 18.0 Å². The first-order chi connectivity index (χ1) is 14.7. The molecule has 1 fully saturated rings. The van der Waals surface area contributed by atoms with Crippen molar-refractivity contribution in [3.8, 4) is 11.3 Å². The van der Waals surface area contributed by atoms with Crippen LogP contribution in [-0.2, 0) is 16.2 Å². The molecule has 0 N–H and O–H groups in total. The van der Waals surface area contributed by atoms with Gasteiger partial charge in [-0.2, -0.15) is 17.5 Å².